The highest BCUT2D eigenvalue weighted by Crippen LogP contribution is 2.46. The van der Waals surface area contributed by atoms with Crippen LogP contribution in [0.25, 0.3) is 10.2 Å². The third-order valence-corrected chi connectivity index (χ3v) is 8.61. The highest BCUT2D eigenvalue weighted by Gasteiger charge is 2.46. The first-order valence-electron chi connectivity index (χ1n) is 12.6. The Labute approximate surface area is 243 Å². The minimum Gasteiger partial charge on any atom is -0.503 e. The largest absolute Gasteiger partial charge is 0.503 e. The number of benzene rings is 3. The Hall–Kier alpha value is -4.67. The molecule has 0 radical (unpaired) electrons. The van der Waals surface area contributed by atoms with Gasteiger partial charge in [-0.05, 0) is 52.9 Å². The number of aliphatic hydroxyl groups excluding tert-OH is 1. The molecule has 10 heteroatoms. The van der Waals surface area contributed by atoms with Crippen molar-refractivity contribution in [1.29, 1.82) is 0 Å². The zero-order chi connectivity index (χ0) is 28.5. The summed E-state index contributed by atoms with van der Waals surface area (Å²) in [4.78, 5) is 33.8. The van der Waals surface area contributed by atoms with Gasteiger partial charge in [0.2, 0.25) is 5.78 Å². The molecule has 0 spiro atoms. The third kappa shape index (κ3) is 4.92. The van der Waals surface area contributed by atoms with E-state index in [2.05, 4.69) is 4.98 Å². The molecule has 1 aliphatic heterocycles. The topological polar surface area (TPSA) is 98.2 Å². The molecular weight excluding hydrogens is 560 g/mol. The molecule has 1 unspecified atom stereocenters. The molecule has 3 heterocycles. The van der Waals surface area contributed by atoms with Gasteiger partial charge in [-0.25, -0.2) is 4.98 Å². The second-order valence-electron chi connectivity index (χ2n) is 9.16. The predicted octanol–water partition coefficient (Wildman–Crippen LogP) is 6.74. The smallest absolute Gasteiger partial charge is 0.296 e. The molecule has 6 rings (SSSR count). The van der Waals surface area contributed by atoms with E-state index >= 15 is 0 Å². The first-order chi connectivity index (χ1) is 20.0. The van der Waals surface area contributed by atoms with Crippen molar-refractivity contribution in [2.75, 3.05) is 19.1 Å². The van der Waals surface area contributed by atoms with Crippen molar-refractivity contribution in [3.8, 4) is 17.2 Å². The summed E-state index contributed by atoms with van der Waals surface area (Å²) < 4.78 is 17.8. The maximum absolute atomic E-state index is 13.7. The maximum Gasteiger partial charge on any atom is 0.296 e. The molecule has 1 aliphatic rings. The molecule has 8 nitrogen and oxygen atoms in total. The number of hydrogen-bond acceptors (Lipinski definition) is 9. The lowest BCUT2D eigenvalue weighted by atomic mass is 9.95. The molecule has 0 saturated carbocycles. The number of carbonyl (C=O) groups is 2. The van der Waals surface area contributed by atoms with Crippen LogP contribution in [0, 0.1) is 0 Å². The van der Waals surface area contributed by atoms with Crippen molar-refractivity contribution < 1.29 is 28.9 Å². The van der Waals surface area contributed by atoms with Crippen molar-refractivity contribution in [3.63, 3.8) is 0 Å². The predicted molar refractivity (Wildman–Crippen MR) is 158 cm³/mol. The third-order valence-electron chi connectivity index (χ3n) is 6.73. The Morgan fingerprint density at radius 2 is 1.80 bits per heavy atom. The molecule has 3 aromatic carbocycles. The van der Waals surface area contributed by atoms with E-state index in [9.17, 15) is 14.7 Å². The molecule has 2 aromatic heterocycles. The number of nitrogens with zero attached hydrogens (tertiary/aromatic N) is 2. The zero-order valence-corrected chi connectivity index (χ0v) is 23.7. The van der Waals surface area contributed by atoms with Crippen LogP contribution in [0.2, 0.25) is 0 Å². The van der Waals surface area contributed by atoms with Gasteiger partial charge in [-0.15, -0.1) is 11.3 Å². The molecule has 41 heavy (non-hydrogen) atoms. The van der Waals surface area contributed by atoms with E-state index in [1.807, 2.05) is 36.4 Å². The fourth-order valence-electron chi connectivity index (χ4n) is 4.72. The molecule has 206 valence electrons. The monoisotopic (exact) mass is 584 g/mol. The van der Waals surface area contributed by atoms with Gasteiger partial charge in [0, 0.05) is 0 Å². The van der Waals surface area contributed by atoms with Crippen LogP contribution in [-0.4, -0.2) is 36.0 Å². The van der Waals surface area contributed by atoms with E-state index in [0.29, 0.717) is 44.9 Å². The lowest BCUT2D eigenvalue weighted by Crippen LogP contribution is -2.31. The Bertz CT molecular complexity index is 1780. The molecule has 0 saturated heterocycles. The highest BCUT2D eigenvalue weighted by atomic mass is 32.1. The van der Waals surface area contributed by atoms with Crippen molar-refractivity contribution >= 4 is 49.7 Å². The molecule has 1 atom stereocenters. The van der Waals surface area contributed by atoms with Crippen LogP contribution >= 0.6 is 22.7 Å². The number of hydrogen-bond donors (Lipinski definition) is 1. The quantitative estimate of drug-likeness (QED) is 0.192. The fraction of sp³-hybridized carbons (Fsp3) is 0.129. The van der Waals surface area contributed by atoms with Crippen LogP contribution in [-0.2, 0) is 11.4 Å². The number of aromatic nitrogens is 1. The summed E-state index contributed by atoms with van der Waals surface area (Å²) in [6, 6.07) is 22.9. The molecule has 5 aromatic rings. The number of anilines is 1. The van der Waals surface area contributed by atoms with Crippen molar-refractivity contribution in [2.24, 2.45) is 0 Å². The van der Waals surface area contributed by atoms with Gasteiger partial charge >= 0.3 is 0 Å². The van der Waals surface area contributed by atoms with E-state index in [0.717, 1.165) is 10.3 Å². The van der Waals surface area contributed by atoms with Gasteiger partial charge in [-0.3, -0.25) is 14.5 Å². The van der Waals surface area contributed by atoms with Crippen LogP contribution < -0.4 is 19.1 Å². The number of fused-ring (bicyclic) bond motifs is 1. The summed E-state index contributed by atoms with van der Waals surface area (Å²) in [5, 5.41) is 13.2. The molecule has 1 N–H and O–H groups in total. The lowest BCUT2D eigenvalue weighted by molar-refractivity contribution is -0.117. The number of carbonyl (C=O) groups excluding carboxylic acids is 2. The summed E-state index contributed by atoms with van der Waals surface area (Å²) in [6.07, 6.45) is 0. The second kappa shape index (κ2) is 11.1. The lowest BCUT2D eigenvalue weighted by Gasteiger charge is -2.25. The number of thiazole rings is 1. The number of Topliss-reactive ketones (excluding diaryl/α,β-unsaturated/α-hetero) is 1. The van der Waals surface area contributed by atoms with E-state index < -0.39 is 23.5 Å². The fourth-order valence-corrected chi connectivity index (χ4v) is 6.42. The number of amides is 1. The van der Waals surface area contributed by atoms with Gasteiger partial charge in [0.05, 0.1) is 40.9 Å². The van der Waals surface area contributed by atoms with Gasteiger partial charge in [0.1, 0.15) is 12.4 Å². The number of thiophene rings is 1. The van der Waals surface area contributed by atoms with Crippen LogP contribution in [0.4, 0.5) is 5.13 Å². The molecule has 0 bridgehead atoms. The van der Waals surface area contributed by atoms with Crippen molar-refractivity contribution in [1.82, 2.24) is 4.98 Å². The summed E-state index contributed by atoms with van der Waals surface area (Å²) >= 11 is 2.51. The molecule has 0 fully saturated rings. The molecular formula is C31H24N2O6S2. The van der Waals surface area contributed by atoms with Crippen LogP contribution in [0.15, 0.2) is 95.6 Å². The number of rotatable bonds is 9. The first-order valence-corrected chi connectivity index (χ1v) is 14.3. The van der Waals surface area contributed by atoms with Gasteiger partial charge in [-0.2, -0.15) is 0 Å². The average molecular weight is 585 g/mol. The Kier molecular flexibility index (Phi) is 7.17. The van der Waals surface area contributed by atoms with E-state index in [-0.39, 0.29) is 5.57 Å². The standard InChI is InChI=1S/C31H24N2O6S2/c1-37-20-11-12-21-25(16-20)41-31(32-21)33-27(26(29(35)30(33)36)28(34)24-9-6-14-40-24)19-10-13-22(23(15-19)38-2)39-17-18-7-4-3-5-8-18/h3-16,27,35H,17H2,1-2H3. The van der Waals surface area contributed by atoms with Gasteiger partial charge in [0.15, 0.2) is 22.4 Å². The normalized spacial score (nSPS) is 15.0. The van der Waals surface area contributed by atoms with Gasteiger partial charge in [0.25, 0.3) is 5.91 Å². The Morgan fingerprint density at radius 3 is 2.54 bits per heavy atom. The molecule has 0 aliphatic carbocycles. The summed E-state index contributed by atoms with van der Waals surface area (Å²) in [5.41, 5.74) is 2.20. The number of ether oxygens (including phenoxy) is 3. The van der Waals surface area contributed by atoms with Gasteiger partial charge in [-0.1, -0.05) is 53.8 Å². The Morgan fingerprint density at radius 1 is 0.976 bits per heavy atom. The highest BCUT2D eigenvalue weighted by molar-refractivity contribution is 7.22. The van der Waals surface area contributed by atoms with Crippen LogP contribution in [0.1, 0.15) is 26.8 Å². The maximum atomic E-state index is 13.7. The van der Waals surface area contributed by atoms with E-state index in [4.69, 9.17) is 14.2 Å². The van der Waals surface area contributed by atoms with Crippen molar-refractivity contribution in [3.05, 3.63) is 112 Å². The SMILES string of the molecule is COc1ccc2nc(N3C(=O)C(O)=C(C(=O)c4cccs4)C3c3ccc(OCc4ccccc4)c(OC)c3)sc2c1. The number of aliphatic hydroxyl groups is 1. The summed E-state index contributed by atoms with van der Waals surface area (Å²) in [7, 11) is 3.10. The van der Waals surface area contributed by atoms with Crippen LogP contribution in [0.5, 0.6) is 17.2 Å². The second-order valence-corrected chi connectivity index (χ2v) is 11.1. The first kappa shape index (κ1) is 26.5. The Balaban J connectivity index is 1.43. The average Bonchev–Trinajstić information content (AvgIpc) is 3.74. The minimum absolute atomic E-state index is 0.0192. The summed E-state index contributed by atoms with van der Waals surface area (Å²) in [6.45, 7) is 0.336. The van der Waals surface area contributed by atoms with Gasteiger partial charge < -0.3 is 19.3 Å². The zero-order valence-electron chi connectivity index (χ0n) is 22.1. The van der Waals surface area contributed by atoms with Crippen molar-refractivity contribution in [2.45, 2.75) is 12.6 Å². The molecule has 1 amide bonds. The number of ketones is 1. The van der Waals surface area contributed by atoms with Crippen LogP contribution in [0.3, 0.4) is 0 Å². The summed E-state index contributed by atoms with van der Waals surface area (Å²) in [5.74, 6) is -0.152. The minimum atomic E-state index is -0.948. The van der Waals surface area contributed by atoms with E-state index in [1.54, 1.807) is 55.0 Å². The van der Waals surface area contributed by atoms with E-state index in [1.165, 1.54) is 34.7 Å². The number of methoxy groups -OCH3 is 2.